The number of benzene rings is 1. The summed E-state index contributed by atoms with van der Waals surface area (Å²) in [5.74, 6) is 2.44. The Balaban J connectivity index is 1.58. The third kappa shape index (κ3) is 2.94. The number of rotatable bonds is 3. The first kappa shape index (κ1) is 13.0. The molecule has 19 heavy (non-hydrogen) atoms. The van der Waals surface area contributed by atoms with Gasteiger partial charge in [0.15, 0.2) is 0 Å². The fourth-order valence-electron chi connectivity index (χ4n) is 3.49. The van der Waals surface area contributed by atoms with Crippen molar-refractivity contribution in [1.82, 2.24) is 5.32 Å². The summed E-state index contributed by atoms with van der Waals surface area (Å²) < 4.78 is 5.76. The van der Waals surface area contributed by atoms with E-state index in [1.807, 2.05) is 0 Å². The highest BCUT2D eigenvalue weighted by atomic mass is 16.5. The van der Waals surface area contributed by atoms with Crippen molar-refractivity contribution in [3.05, 3.63) is 29.8 Å². The van der Waals surface area contributed by atoms with Gasteiger partial charge in [-0.05, 0) is 24.8 Å². The summed E-state index contributed by atoms with van der Waals surface area (Å²) in [5.41, 5.74) is 1.39. The molecular weight excluding hydrogens is 234 g/mol. The Morgan fingerprint density at radius 2 is 2.00 bits per heavy atom. The van der Waals surface area contributed by atoms with Crippen LogP contribution in [0.15, 0.2) is 24.3 Å². The summed E-state index contributed by atoms with van der Waals surface area (Å²) >= 11 is 0. The molecule has 104 valence electrons. The van der Waals surface area contributed by atoms with Gasteiger partial charge in [-0.3, -0.25) is 0 Å². The zero-order valence-corrected chi connectivity index (χ0v) is 11.9. The Kier molecular flexibility index (Phi) is 4.07. The van der Waals surface area contributed by atoms with Crippen molar-refractivity contribution >= 4 is 0 Å². The highest BCUT2D eigenvalue weighted by Crippen LogP contribution is 2.33. The average Bonchev–Trinajstić information content (AvgIpc) is 2.73. The number of nitrogens with one attached hydrogen (secondary N) is 1. The summed E-state index contributed by atoms with van der Waals surface area (Å²) in [4.78, 5) is 0. The molecule has 3 rings (SSSR count). The molecule has 0 radical (unpaired) electrons. The van der Waals surface area contributed by atoms with Crippen LogP contribution in [-0.2, 0) is 0 Å². The Labute approximate surface area is 116 Å². The third-order valence-electron chi connectivity index (χ3n) is 4.79. The summed E-state index contributed by atoms with van der Waals surface area (Å²) in [7, 11) is 0. The minimum Gasteiger partial charge on any atom is -0.493 e. The number of hydrogen-bond donors (Lipinski definition) is 1. The summed E-state index contributed by atoms with van der Waals surface area (Å²) in [6, 6.07) is 9.18. The molecule has 1 heterocycles. The molecule has 3 unspecified atom stereocenters. The van der Waals surface area contributed by atoms with Crippen molar-refractivity contribution in [3.8, 4) is 5.75 Å². The van der Waals surface area contributed by atoms with E-state index < -0.39 is 0 Å². The van der Waals surface area contributed by atoms with Gasteiger partial charge in [-0.15, -0.1) is 0 Å². The Hall–Kier alpha value is -1.02. The molecule has 0 saturated heterocycles. The summed E-state index contributed by atoms with van der Waals surface area (Å²) in [6.07, 6.45) is 6.94. The van der Waals surface area contributed by atoms with Crippen LogP contribution in [0.1, 0.15) is 50.5 Å². The van der Waals surface area contributed by atoms with E-state index >= 15 is 0 Å². The van der Waals surface area contributed by atoms with E-state index in [2.05, 4.69) is 36.5 Å². The molecule has 0 spiro atoms. The second-order valence-electron chi connectivity index (χ2n) is 6.18. The van der Waals surface area contributed by atoms with Gasteiger partial charge in [-0.25, -0.2) is 0 Å². The van der Waals surface area contributed by atoms with Gasteiger partial charge in [-0.2, -0.15) is 0 Å². The molecule has 2 aliphatic rings. The molecule has 1 saturated carbocycles. The van der Waals surface area contributed by atoms with Crippen molar-refractivity contribution < 1.29 is 4.74 Å². The van der Waals surface area contributed by atoms with Gasteiger partial charge in [-0.1, -0.05) is 44.4 Å². The lowest BCUT2D eigenvalue weighted by Gasteiger charge is -2.24. The molecule has 1 N–H and O–H groups in total. The highest BCUT2D eigenvalue weighted by Gasteiger charge is 2.26. The number of hydrogen-bond acceptors (Lipinski definition) is 2. The van der Waals surface area contributed by atoms with Gasteiger partial charge in [0.25, 0.3) is 0 Å². The first-order valence-corrected chi connectivity index (χ1v) is 7.79. The lowest BCUT2D eigenvalue weighted by Crippen LogP contribution is -2.37. The minimum atomic E-state index is 0.534. The lowest BCUT2D eigenvalue weighted by molar-refractivity contribution is 0.304. The molecule has 2 heteroatoms. The highest BCUT2D eigenvalue weighted by molar-refractivity contribution is 5.39. The van der Waals surface area contributed by atoms with E-state index in [1.165, 1.54) is 37.7 Å². The number of para-hydroxylation sites is 1. The van der Waals surface area contributed by atoms with Crippen molar-refractivity contribution in [2.75, 3.05) is 13.2 Å². The minimum absolute atomic E-state index is 0.534. The standard InChI is InChI=1S/C17H25NO/c1-13-7-3-2-4-9-16(13)18-11-14-12-19-17-10-6-5-8-15(14)17/h5-6,8,10,13-14,16,18H,2-4,7,9,11-12H2,1H3. The largest absolute Gasteiger partial charge is 0.493 e. The van der Waals surface area contributed by atoms with E-state index in [0.29, 0.717) is 12.0 Å². The van der Waals surface area contributed by atoms with Crippen LogP contribution >= 0.6 is 0 Å². The van der Waals surface area contributed by atoms with Crippen LogP contribution in [0, 0.1) is 5.92 Å². The van der Waals surface area contributed by atoms with Crippen LogP contribution in [0.4, 0.5) is 0 Å². The van der Waals surface area contributed by atoms with Gasteiger partial charge in [0.1, 0.15) is 5.75 Å². The van der Waals surface area contributed by atoms with Gasteiger partial charge < -0.3 is 10.1 Å². The molecule has 1 aromatic rings. The van der Waals surface area contributed by atoms with Crippen LogP contribution in [-0.4, -0.2) is 19.2 Å². The Morgan fingerprint density at radius 3 is 2.95 bits per heavy atom. The maximum Gasteiger partial charge on any atom is 0.122 e. The van der Waals surface area contributed by atoms with Crippen molar-refractivity contribution in [2.45, 2.75) is 51.0 Å². The molecule has 2 nitrogen and oxygen atoms in total. The molecule has 0 bridgehead atoms. The third-order valence-corrected chi connectivity index (χ3v) is 4.79. The van der Waals surface area contributed by atoms with E-state index in [4.69, 9.17) is 4.74 Å². The van der Waals surface area contributed by atoms with Crippen molar-refractivity contribution in [3.63, 3.8) is 0 Å². The predicted octanol–water partition coefficient (Wildman–Crippen LogP) is 3.72. The molecule has 0 aromatic heterocycles. The maximum absolute atomic E-state index is 5.76. The second-order valence-corrected chi connectivity index (χ2v) is 6.18. The van der Waals surface area contributed by atoms with Crippen LogP contribution in [0.5, 0.6) is 5.75 Å². The zero-order chi connectivity index (χ0) is 13.1. The molecule has 1 aliphatic carbocycles. The first-order valence-electron chi connectivity index (χ1n) is 7.79. The molecule has 1 aliphatic heterocycles. The van der Waals surface area contributed by atoms with Crippen molar-refractivity contribution in [2.24, 2.45) is 5.92 Å². The van der Waals surface area contributed by atoms with Gasteiger partial charge in [0.2, 0.25) is 0 Å². The van der Waals surface area contributed by atoms with Gasteiger partial charge >= 0.3 is 0 Å². The Bertz CT molecular complexity index is 417. The van der Waals surface area contributed by atoms with Crippen LogP contribution in [0.25, 0.3) is 0 Å². The molecule has 0 amide bonds. The lowest BCUT2D eigenvalue weighted by atomic mass is 9.95. The van der Waals surface area contributed by atoms with E-state index in [9.17, 15) is 0 Å². The van der Waals surface area contributed by atoms with Gasteiger partial charge in [0.05, 0.1) is 6.61 Å². The average molecular weight is 259 g/mol. The van der Waals surface area contributed by atoms with Crippen LogP contribution < -0.4 is 10.1 Å². The maximum atomic E-state index is 5.76. The SMILES string of the molecule is CC1CCCCCC1NCC1COc2ccccc21. The molecule has 1 fully saturated rings. The zero-order valence-electron chi connectivity index (χ0n) is 11.9. The predicted molar refractivity (Wildman–Crippen MR) is 78.7 cm³/mol. The monoisotopic (exact) mass is 259 g/mol. The van der Waals surface area contributed by atoms with E-state index in [0.717, 1.165) is 24.8 Å². The summed E-state index contributed by atoms with van der Waals surface area (Å²) in [5, 5.41) is 3.81. The molecule has 3 atom stereocenters. The normalized spacial score (nSPS) is 30.5. The quantitative estimate of drug-likeness (QED) is 0.835. The first-order chi connectivity index (χ1) is 9.34. The topological polar surface area (TPSA) is 21.3 Å². The second kappa shape index (κ2) is 5.96. The summed E-state index contributed by atoms with van der Waals surface area (Å²) in [6.45, 7) is 4.31. The number of ether oxygens (including phenoxy) is 1. The van der Waals surface area contributed by atoms with E-state index in [-0.39, 0.29) is 0 Å². The van der Waals surface area contributed by atoms with Gasteiger partial charge in [0, 0.05) is 24.1 Å². The van der Waals surface area contributed by atoms with Crippen LogP contribution in [0.2, 0.25) is 0 Å². The number of fused-ring (bicyclic) bond motifs is 1. The smallest absolute Gasteiger partial charge is 0.122 e. The van der Waals surface area contributed by atoms with Crippen LogP contribution in [0.3, 0.4) is 0 Å². The Morgan fingerprint density at radius 1 is 1.16 bits per heavy atom. The fourth-order valence-corrected chi connectivity index (χ4v) is 3.49. The van der Waals surface area contributed by atoms with Crippen molar-refractivity contribution in [1.29, 1.82) is 0 Å². The van der Waals surface area contributed by atoms with E-state index in [1.54, 1.807) is 0 Å². The fraction of sp³-hybridized carbons (Fsp3) is 0.647. The molecule has 1 aromatic carbocycles. The molecular formula is C17H25NO.